The van der Waals surface area contributed by atoms with Gasteiger partial charge in [0, 0.05) is 12.0 Å². The highest BCUT2D eigenvalue weighted by Gasteiger charge is 2.26. The molecule has 0 unspecified atom stereocenters. The summed E-state index contributed by atoms with van der Waals surface area (Å²) in [5, 5.41) is 13.6. The van der Waals surface area contributed by atoms with Crippen LogP contribution in [0, 0.1) is 4.64 Å². The van der Waals surface area contributed by atoms with Gasteiger partial charge in [0.15, 0.2) is 0 Å². The molecular weight excluding hydrogens is 268 g/mol. The molecular formula is C11H14N4O3S. The lowest BCUT2D eigenvalue weighted by Crippen LogP contribution is -2.34. The van der Waals surface area contributed by atoms with Crippen LogP contribution in [0.2, 0.25) is 0 Å². The molecule has 0 aromatic carbocycles. The van der Waals surface area contributed by atoms with Gasteiger partial charge in [0.25, 0.3) is 0 Å². The molecule has 0 saturated heterocycles. The number of H-pyrrole nitrogens is 1. The number of carboxylic acid groups (broad SMARTS) is 1. The third-order valence-corrected chi connectivity index (χ3v) is 2.81. The molecule has 0 bridgehead atoms. The Hall–Kier alpha value is -1.96. The molecule has 2 rings (SSSR count). The van der Waals surface area contributed by atoms with E-state index in [0.29, 0.717) is 16.4 Å². The standard InChI is InChI=1S/C11H14N4O3S/c16-8(13-5-10(17)18)4-12-7-3-9(19)15-11(14-7)6-1-2-6/h3,6H,1-2,4-5H2,(H,13,16)(H,17,18)(H2,12,14,15,19). The number of aliphatic carboxylic acids is 1. The first-order valence-corrected chi connectivity index (χ1v) is 6.29. The first-order valence-electron chi connectivity index (χ1n) is 5.88. The Labute approximate surface area is 114 Å². The lowest BCUT2D eigenvalue weighted by atomic mass is 10.4. The minimum atomic E-state index is -1.08. The highest BCUT2D eigenvalue weighted by atomic mass is 32.1. The van der Waals surface area contributed by atoms with Gasteiger partial charge >= 0.3 is 5.97 Å². The molecule has 0 radical (unpaired) electrons. The highest BCUT2D eigenvalue weighted by Crippen LogP contribution is 2.38. The van der Waals surface area contributed by atoms with Gasteiger partial charge in [-0.3, -0.25) is 9.59 Å². The van der Waals surface area contributed by atoms with Gasteiger partial charge in [-0.25, -0.2) is 4.98 Å². The summed E-state index contributed by atoms with van der Waals surface area (Å²) >= 11 is 5.05. The number of aromatic amines is 1. The predicted molar refractivity (Wildman–Crippen MR) is 70.5 cm³/mol. The molecule has 7 nitrogen and oxygen atoms in total. The highest BCUT2D eigenvalue weighted by molar-refractivity contribution is 7.71. The van der Waals surface area contributed by atoms with Crippen LogP contribution in [-0.4, -0.2) is 40.0 Å². The number of carbonyl (C=O) groups is 2. The Balaban J connectivity index is 1.90. The summed E-state index contributed by atoms with van der Waals surface area (Å²) in [7, 11) is 0. The maximum atomic E-state index is 11.3. The first-order chi connectivity index (χ1) is 9.04. The van der Waals surface area contributed by atoms with E-state index in [4.69, 9.17) is 17.3 Å². The predicted octanol–water partition coefficient (Wildman–Crippen LogP) is 0.629. The van der Waals surface area contributed by atoms with E-state index in [9.17, 15) is 9.59 Å². The molecule has 1 amide bonds. The Morgan fingerprint density at radius 1 is 1.47 bits per heavy atom. The summed E-state index contributed by atoms with van der Waals surface area (Å²) in [5.41, 5.74) is 0. The van der Waals surface area contributed by atoms with Crippen molar-refractivity contribution in [2.24, 2.45) is 0 Å². The Morgan fingerprint density at radius 2 is 2.21 bits per heavy atom. The van der Waals surface area contributed by atoms with Gasteiger partial charge < -0.3 is 20.7 Å². The van der Waals surface area contributed by atoms with Crippen LogP contribution in [0.25, 0.3) is 0 Å². The van der Waals surface area contributed by atoms with Crippen molar-refractivity contribution in [1.29, 1.82) is 0 Å². The van der Waals surface area contributed by atoms with Gasteiger partial charge in [0.1, 0.15) is 22.8 Å². The molecule has 1 fully saturated rings. The van der Waals surface area contributed by atoms with Crippen molar-refractivity contribution >= 4 is 29.9 Å². The maximum Gasteiger partial charge on any atom is 0.322 e. The van der Waals surface area contributed by atoms with E-state index >= 15 is 0 Å². The van der Waals surface area contributed by atoms with Gasteiger partial charge in [-0.1, -0.05) is 12.2 Å². The topological polar surface area (TPSA) is 107 Å². The normalized spacial score (nSPS) is 13.9. The van der Waals surface area contributed by atoms with Crippen molar-refractivity contribution in [3.8, 4) is 0 Å². The van der Waals surface area contributed by atoms with Crippen molar-refractivity contribution in [1.82, 2.24) is 15.3 Å². The van der Waals surface area contributed by atoms with Gasteiger partial charge in [0.2, 0.25) is 5.91 Å². The monoisotopic (exact) mass is 282 g/mol. The zero-order chi connectivity index (χ0) is 13.8. The average Bonchev–Trinajstić information content (AvgIpc) is 3.17. The molecule has 1 aromatic rings. The number of rotatable bonds is 6. The number of hydrogen-bond donors (Lipinski definition) is 4. The summed E-state index contributed by atoms with van der Waals surface area (Å²) in [5.74, 6) is 0.414. The van der Waals surface area contributed by atoms with E-state index in [1.807, 2.05) is 0 Å². The van der Waals surface area contributed by atoms with E-state index in [1.54, 1.807) is 6.07 Å². The fraction of sp³-hybridized carbons (Fsp3) is 0.455. The van der Waals surface area contributed by atoms with Crippen molar-refractivity contribution in [2.75, 3.05) is 18.4 Å². The van der Waals surface area contributed by atoms with E-state index in [2.05, 4.69) is 20.6 Å². The molecule has 1 aromatic heterocycles. The number of hydrogen-bond acceptors (Lipinski definition) is 5. The van der Waals surface area contributed by atoms with Crippen LogP contribution in [0.5, 0.6) is 0 Å². The average molecular weight is 282 g/mol. The van der Waals surface area contributed by atoms with Crippen LogP contribution in [0.4, 0.5) is 5.82 Å². The van der Waals surface area contributed by atoms with Gasteiger partial charge in [0.05, 0.1) is 6.54 Å². The fourth-order valence-corrected chi connectivity index (χ4v) is 1.75. The number of anilines is 1. The van der Waals surface area contributed by atoms with E-state index in [-0.39, 0.29) is 13.1 Å². The molecule has 0 atom stereocenters. The van der Waals surface area contributed by atoms with Crippen LogP contribution < -0.4 is 10.6 Å². The van der Waals surface area contributed by atoms with Crippen molar-refractivity contribution < 1.29 is 14.7 Å². The second-order valence-corrected chi connectivity index (χ2v) is 4.73. The second kappa shape index (κ2) is 5.79. The largest absolute Gasteiger partial charge is 0.480 e. The van der Waals surface area contributed by atoms with Crippen LogP contribution in [0.1, 0.15) is 24.6 Å². The first kappa shape index (κ1) is 13.5. The smallest absolute Gasteiger partial charge is 0.322 e. The number of aromatic nitrogens is 2. The van der Waals surface area contributed by atoms with Crippen LogP contribution in [0.15, 0.2) is 6.07 Å². The Kier molecular flexibility index (Phi) is 4.10. The van der Waals surface area contributed by atoms with Crippen molar-refractivity contribution in [3.63, 3.8) is 0 Å². The number of carbonyl (C=O) groups excluding carboxylic acids is 1. The minimum absolute atomic E-state index is 0.0212. The van der Waals surface area contributed by atoms with Gasteiger partial charge in [-0.2, -0.15) is 0 Å². The van der Waals surface area contributed by atoms with Gasteiger partial charge in [-0.15, -0.1) is 0 Å². The van der Waals surface area contributed by atoms with Crippen LogP contribution >= 0.6 is 12.2 Å². The molecule has 0 aliphatic heterocycles. The lowest BCUT2D eigenvalue weighted by Gasteiger charge is -2.08. The van der Waals surface area contributed by atoms with E-state index in [0.717, 1.165) is 18.7 Å². The Bertz CT molecular complexity index is 553. The second-order valence-electron chi connectivity index (χ2n) is 4.32. The molecule has 4 N–H and O–H groups in total. The quantitative estimate of drug-likeness (QED) is 0.570. The number of amides is 1. The van der Waals surface area contributed by atoms with Crippen molar-refractivity contribution in [3.05, 3.63) is 16.5 Å². The molecule has 102 valence electrons. The molecule has 1 aliphatic carbocycles. The fourth-order valence-electron chi connectivity index (χ4n) is 1.53. The summed E-state index contributed by atoms with van der Waals surface area (Å²) in [6.45, 7) is -0.410. The lowest BCUT2D eigenvalue weighted by molar-refractivity contribution is -0.137. The van der Waals surface area contributed by atoms with Crippen LogP contribution in [-0.2, 0) is 9.59 Å². The minimum Gasteiger partial charge on any atom is -0.480 e. The molecule has 0 spiro atoms. The summed E-state index contributed by atoms with van der Waals surface area (Å²) in [4.78, 5) is 28.9. The molecule has 19 heavy (non-hydrogen) atoms. The molecule has 1 aliphatic rings. The molecule has 8 heteroatoms. The zero-order valence-corrected chi connectivity index (χ0v) is 10.9. The summed E-state index contributed by atoms with van der Waals surface area (Å²) < 4.78 is 0.467. The molecule has 1 heterocycles. The summed E-state index contributed by atoms with van der Waals surface area (Å²) in [6.07, 6.45) is 2.20. The number of carboxylic acids is 1. The van der Waals surface area contributed by atoms with E-state index < -0.39 is 11.9 Å². The Morgan fingerprint density at radius 3 is 2.84 bits per heavy atom. The van der Waals surface area contributed by atoms with Crippen molar-refractivity contribution in [2.45, 2.75) is 18.8 Å². The maximum absolute atomic E-state index is 11.3. The van der Waals surface area contributed by atoms with E-state index in [1.165, 1.54) is 0 Å². The zero-order valence-electron chi connectivity index (χ0n) is 10.1. The van der Waals surface area contributed by atoms with Gasteiger partial charge in [-0.05, 0) is 12.8 Å². The third-order valence-electron chi connectivity index (χ3n) is 2.60. The summed E-state index contributed by atoms with van der Waals surface area (Å²) in [6, 6.07) is 1.63. The third kappa shape index (κ3) is 4.32. The van der Waals surface area contributed by atoms with Crippen LogP contribution in [0.3, 0.4) is 0 Å². The number of nitrogens with zero attached hydrogens (tertiary/aromatic N) is 1. The SMILES string of the molecule is O=C(O)CNC(=O)CNc1cc(=S)nc(C2CC2)[nH]1. The number of nitrogens with one attached hydrogen (secondary N) is 3. The molecule has 1 saturated carbocycles.